The summed E-state index contributed by atoms with van der Waals surface area (Å²) in [6.45, 7) is 4.25. The Hall–Kier alpha value is -1.05. The molecule has 12 heavy (non-hydrogen) atoms. The van der Waals surface area contributed by atoms with Gasteiger partial charge in [-0.25, -0.2) is 4.98 Å². The maximum Gasteiger partial charge on any atom is 0.216 e. The van der Waals surface area contributed by atoms with E-state index in [2.05, 4.69) is 18.8 Å². The third-order valence-corrected chi connectivity index (χ3v) is 1.94. The summed E-state index contributed by atoms with van der Waals surface area (Å²) in [7, 11) is 1.67. The topological polar surface area (TPSA) is 22.1 Å². The van der Waals surface area contributed by atoms with E-state index in [0.29, 0.717) is 0 Å². The summed E-state index contributed by atoms with van der Waals surface area (Å²) in [5, 5.41) is 0. The van der Waals surface area contributed by atoms with Gasteiger partial charge in [0.2, 0.25) is 5.88 Å². The van der Waals surface area contributed by atoms with Gasteiger partial charge in [-0.15, -0.1) is 0 Å². The summed E-state index contributed by atoms with van der Waals surface area (Å²) < 4.78 is 5.17. The highest BCUT2D eigenvalue weighted by Crippen LogP contribution is 2.19. The van der Waals surface area contributed by atoms with E-state index in [9.17, 15) is 0 Å². The van der Waals surface area contributed by atoms with Crippen LogP contribution in [0.15, 0.2) is 12.3 Å². The van der Waals surface area contributed by atoms with Gasteiger partial charge in [0.25, 0.3) is 0 Å². The molecule has 0 aliphatic rings. The summed E-state index contributed by atoms with van der Waals surface area (Å²) >= 11 is 0. The van der Waals surface area contributed by atoms with Gasteiger partial charge in [-0.05, 0) is 25.0 Å². The van der Waals surface area contributed by atoms with E-state index >= 15 is 0 Å². The molecule has 0 atom stereocenters. The molecule has 0 saturated heterocycles. The molecule has 0 bridgehead atoms. The number of nitrogens with zero attached hydrogens (tertiary/aromatic N) is 1. The second kappa shape index (κ2) is 4.10. The first-order valence-electron chi connectivity index (χ1n) is 4.28. The number of rotatable bonds is 3. The molecule has 0 N–H and O–H groups in total. The minimum Gasteiger partial charge on any atom is -0.481 e. The number of hydrogen-bond donors (Lipinski definition) is 0. The zero-order chi connectivity index (χ0) is 8.97. The fraction of sp³-hybridized carbons (Fsp3) is 0.500. The lowest BCUT2D eigenvalue weighted by atomic mass is 10.1. The van der Waals surface area contributed by atoms with E-state index in [1.807, 2.05) is 6.07 Å². The van der Waals surface area contributed by atoms with Crippen molar-refractivity contribution in [3.05, 3.63) is 23.4 Å². The predicted molar refractivity (Wildman–Crippen MR) is 49.5 cm³/mol. The molecule has 0 fully saturated rings. The molecule has 0 spiro atoms. The molecular formula is C10H15NO. The van der Waals surface area contributed by atoms with Crippen molar-refractivity contribution in [2.45, 2.75) is 26.7 Å². The molecule has 1 heterocycles. The van der Waals surface area contributed by atoms with Crippen molar-refractivity contribution in [1.29, 1.82) is 0 Å². The van der Waals surface area contributed by atoms with Crippen molar-refractivity contribution in [2.24, 2.45) is 0 Å². The van der Waals surface area contributed by atoms with E-state index in [4.69, 9.17) is 4.74 Å². The highest BCUT2D eigenvalue weighted by Gasteiger charge is 2.04. The largest absolute Gasteiger partial charge is 0.481 e. The van der Waals surface area contributed by atoms with E-state index in [-0.39, 0.29) is 0 Å². The second-order valence-electron chi connectivity index (χ2n) is 2.87. The average Bonchev–Trinajstić information content (AvgIpc) is 2.09. The molecule has 0 aliphatic heterocycles. The fourth-order valence-corrected chi connectivity index (χ4v) is 1.29. The third-order valence-electron chi connectivity index (χ3n) is 1.94. The molecule has 0 aliphatic carbocycles. The van der Waals surface area contributed by atoms with Gasteiger partial charge < -0.3 is 4.74 Å². The number of aryl methyl sites for hydroxylation is 1. The second-order valence-corrected chi connectivity index (χ2v) is 2.87. The molecule has 0 amide bonds. The SMILES string of the molecule is CCCc1c(C)ccnc1OC. The minimum atomic E-state index is 0.775. The summed E-state index contributed by atoms with van der Waals surface area (Å²) in [5.41, 5.74) is 2.51. The van der Waals surface area contributed by atoms with E-state index in [1.54, 1.807) is 13.3 Å². The van der Waals surface area contributed by atoms with Gasteiger partial charge >= 0.3 is 0 Å². The van der Waals surface area contributed by atoms with Crippen molar-refractivity contribution in [1.82, 2.24) is 4.98 Å². The van der Waals surface area contributed by atoms with E-state index < -0.39 is 0 Å². The zero-order valence-electron chi connectivity index (χ0n) is 7.92. The van der Waals surface area contributed by atoms with Crippen LogP contribution in [-0.2, 0) is 6.42 Å². The highest BCUT2D eigenvalue weighted by molar-refractivity contribution is 5.33. The smallest absolute Gasteiger partial charge is 0.216 e. The number of aromatic nitrogens is 1. The van der Waals surface area contributed by atoms with Crippen LogP contribution >= 0.6 is 0 Å². The van der Waals surface area contributed by atoms with Crippen LogP contribution in [-0.4, -0.2) is 12.1 Å². The Morgan fingerprint density at radius 2 is 2.25 bits per heavy atom. The maximum absolute atomic E-state index is 5.17. The van der Waals surface area contributed by atoms with Crippen molar-refractivity contribution >= 4 is 0 Å². The van der Waals surface area contributed by atoms with E-state index in [0.717, 1.165) is 18.7 Å². The van der Waals surface area contributed by atoms with Crippen molar-refractivity contribution in [2.75, 3.05) is 7.11 Å². The first kappa shape index (κ1) is 9.04. The Balaban J connectivity index is 3.02. The van der Waals surface area contributed by atoms with Gasteiger partial charge in [-0.3, -0.25) is 0 Å². The van der Waals surface area contributed by atoms with Gasteiger partial charge in [-0.2, -0.15) is 0 Å². The van der Waals surface area contributed by atoms with Gasteiger partial charge in [0.15, 0.2) is 0 Å². The summed E-state index contributed by atoms with van der Waals surface area (Å²) in [6.07, 6.45) is 3.96. The number of ether oxygens (including phenoxy) is 1. The zero-order valence-corrected chi connectivity index (χ0v) is 7.92. The molecule has 0 aromatic carbocycles. The molecule has 1 rings (SSSR count). The van der Waals surface area contributed by atoms with Crippen LogP contribution in [0, 0.1) is 6.92 Å². The van der Waals surface area contributed by atoms with Crippen LogP contribution in [0.25, 0.3) is 0 Å². The first-order valence-corrected chi connectivity index (χ1v) is 4.28. The Kier molecular flexibility index (Phi) is 3.09. The summed E-state index contributed by atoms with van der Waals surface area (Å²) in [4.78, 5) is 4.15. The van der Waals surface area contributed by atoms with Gasteiger partial charge in [0.1, 0.15) is 0 Å². The summed E-state index contributed by atoms with van der Waals surface area (Å²) in [6, 6.07) is 2.02. The number of methoxy groups -OCH3 is 1. The maximum atomic E-state index is 5.17. The Morgan fingerprint density at radius 1 is 1.50 bits per heavy atom. The normalized spacial score (nSPS) is 9.92. The van der Waals surface area contributed by atoms with Crippen molar-refractivity contribution < 1.29 is 4.74 Å². The third kappa shape index (κ3) is 1.76. The van der Waals surface area contributed by atoms with Gasteiger partial charge in [0.05, 0.1) is 7.11 Å². The first-order chi connectivity index (χ1) is 5.79. The van der Waals surface area contributed by atoms with Crippen LogP contribution < -0.4 is 4.74 Å². The van der Waals surface area contributed by atoms with Gasteiger partial charge in [0, 0.05) is 11.8 Å². The van der Waals surface area contributed by atoms with Crippen LogP contribution in [0.5, 0.6) is 5.88 Å². The highest BCUT2D eigenvalue weighted by atomic mass is 16.5. The monoisotopic (exact) mass is 165 g/mol. The molecule has 1 aromatic heterocycles. The number of pyridine rings is 1. The lowest BCUT2D eigenvalue weighted by Gasteiger charge is -2.08. The molecule has 0 radical (unpaired) electrons. The van der Waals surface area contributed by atoms with Crippen molar-refractivity contribution in [3.8, 4) is 5.88 Å². The summed E-state index contributed by atoms with van der Waals surface area (Å²) in [5.74, 6) is 0.775. The van der Waals surface area contributed by atoms with Crippen molar-refractivity contribution in [3.63, 3.8) is 0 Å². The molecule has 2 heteroatoms. The molecule has 66 valence electrons. The Labute approximate surface area is 73.6 Å². The average molecular weight is 165 g/mol. The quantitative estimate of drug-likeness (QED) is 0.686. The molecule has 2 nitrogen and oxygen atoms in total. The van der Waals surface area contributed by atoms with Crippen LogP contribution in [0.3, 0.4) is 0 Å². The Bertz CT molecular complexity index is 258. The predicted octanol–water partition coefficient (Wildman–Crippen LogP) is 2.35. The molecular weight excluding hydrogens is 150 g/mol. The van der Waals surface area contributed by atoms with E-state index in [1.165, 1.54) is 11.1 Å². The molecule has 0 saturated carbocycles. The van der Waals surface area contributed by atoms with Gasteiger partial charge in [-0.1, -0.05) is 13.3 Å². The number of hydrogen-bond acceptors (Lipinski definition) is 2. The minimum absolute atomic E-state index is 0.775. The standard InChI is InChI=1S/C10H15NO/c1-4-5-9-8(2)6-7-11-10(9)12-3/h6-7H,4-5H2,1-3H3. The van der Waals surface area contributed by atoms with Crippen LogP contribution in [0.2, 0.25) is 0 Å². The lowest BCUT2D eigenvalue weighted by Crippen LogP contribution is -1.97. The lowest BCUT2D eigenvalue weighted by molar-refractivity contribution is 0.391. The van der Waals surface area contributed by atoms with Crippen LogP contribution in [0.1, 0.15) is 24.5 Å². The van der Waals surface area contributed by atoms with Crippen LogP contribution in [0.4, 0.5) is 0 Å². The Morgan fingerprint density at radius 3 is 2.83 bits per heavy atom. The fourth-order valence-electron chi connectivity index (χ4n) is 1.29. The molecule has 1 aromatic rings. The molecule has 0 unspecified atom stereocenters.